The summed E-state index contributed by atoms with van der Waals surface area (Å²) in [5, 5.41) is 3.96. The lowest BCUT2D eigenvalue weighted by Gasteiger charge is -2.05. The molecule has 0 radical (unpaired) electrons. The Bertz CT molecular complexity index is 741. The van der Waals surface area contributed by atoms with Crippen molar-refractivity contribution in [2.24, 2.45) is 5.10 Å². The van der Waals surface area contributed by atoms with Gasteiger partial charge >= 0.3 is 0 Å². The maximum absolute atomic E-state index is 12.0. The van der Waals surface area contributed by atoms with Crippen LogP contribution in [0.25, 0.3) is 0 Å². The van der Waals surface area contributed by atoms with Gasteiger partial charge in [0.1, 0.15) is 5.75 Å². The highest BCUT2D eigenvalue weighted by Crippen LogP contribution is 2.31. The molecule has 0 unspecified atom stereocenters. The van der Waals surface area contributed by atoms with Gasteiger partial charge in [-0.15, -0.1) is 0 Å². The molecule has 124 valence electrons. The van der Waals surface area contributed by atoms with Crippen molar-refractivity contribution in [2.45, 2.75) is 13.3 Å². The first-order valence-corrected chi connectivity index (χ1v) is 7.72. The Morgan fingerprint density at radius 3 is 2.79 bits per heavy atom. The maximum atomic E-state index is 12.0. The van der Waals surface area contributed by atoms with Crippen LogP contribution in [0.1, 0.15) is 29.3 Å². The first kappa shape index (κ1) is 15.9. The molecule has 1 heterocycles. The number of carbonyl (C=O) groups is 1. The SMILES string of the molecule is CCCOc1ccc(C(=O)N/N=C/c2ccc3c(c2)OCO3)cc1. The summed E-state index contributed by atoms with van der Waals surface area (Å²) in [7, 11) is 0. The number of nitrogens with one attached hydrogen (secondary N) is 1. The zero-order valence-corrected chi connectivity index (χ0v) is 13.3. The smallest absolute Gasteiger partial charge is 0.271 e. The zero-order chi connectivity index (χ0) is 16.8. The molecule has 0 aromatic heterocycles. The van der Waals surface area contributed by atoms with Crippen LogP contribution in [-0.2, 0) is 0 Å². The number of hydrogen-bond donors (Lipinski definition) is 1. The molecule has 2 aromatic carbocycles. The van der Waals surface area contributed by atoms with E-state index in [1.807, 2.05) is 13.0 Å². The normalized spacial score (nSPS) is 12.4. The van der Waals surface area contributed by atoms with Crippen LogP contribution in [0.3, 0.4) is 0 Å². The Labute approximate surface area is 140 Å². The minimum Gasteiger partial charge on any atom is -0.494 e. The van der Waals surface area contributed by atoms with Gasteiger partial charge in [0.05, 0.1) is 12.8 Å². The van der Waals surface area contributed by atoms with E-state index in [1.165, 1.54) is 0 Å². The van der Waals surface area contributed by atoms with E-state index in [0.717, 1.165) is 17.7 Å². The minimum atomic E-state index is -0.283. The summed E-state index contributed by atoms with van der Waals surface area (Å²) in [5.41, 5.74) is 3.82. The topological polar surface area (TPSA) is 69.2 Å². The first-order valence-electron chi connectivity index (χ1n) is 7.72. The van der Waals surface area contributed by atoms with Crippen molar-refractivity contribution in [2.75, 3.05) is 13.4 Å². The molecule has 1 amide bonds. The number of hydrazone groups is 1. The first-order chi connectivity index (χ1) is 11.8. The van der Waals surface area contributed by atoms with Gasteiger partial charge in [-0.25, -0.2) is 5.43 Å². The van der Waals surface area contributed by atoms with E-state index in [2.05, 4.69) is 10.5 Å². The number of hydrogen-bond acceptors (Lipinski definition) is 5. The highest BCUT2D eigenvalue weighted by atomic mass is 16.7. The molecule has 2 aromatic rings. The van der Waals surface area contributed by atoms with Gasteiger partial charge in [-0.2, -0.15) is 5.10 Å². The lowest BCUT2D eigenvalue weighted by molar-refractivity contribution is 0.0955. The van der Waals surface area contributed by atoms with Crippen molar-refractivity contribution in [1.82, 2.24) is 5.43 Å². The van der Waals surface area contributed by atoms with Gasteiger partial charge in [0, 0.05) is 5.56 Å². The van der Waals surface area contributed by atoms with Gasteiger partial charge in [-0.3, -0.25) is 4.79 Å². The average Bonchev–Trinajstić information content (AvgIpc) is 3.08. The molecule has 0 spiro atoms. The van der Waals surface area contributed by atoms with E-state index in [0.29, 0.717) is 23.7 Å². The van der Waals surface area contributed by atoms with E-state index in [9.17, 15) is 4.79 Å². The summed E-state index contributed by atoms with van der Waals surface area (Å²) in [6.07, 6.45) is 2.50. The second-order valence-corrected chi connectivity index (χ2v) is 5.18. The fourth-order valence-corrected chi connectivity index (χ4v) is 2.15. The van der Waals surface area contributed by atoms with E-state index >= 15 is 0 Å². The van der Waals surface area contributed by atoms with Crippen molar-refractivity contribution in [3.05, 3.63) is 53.6 Å². The number of fused-ring (bicyclic) bond motifs is 1. The number of rotatable bonds is 6. The molecule has 24 heavy (non-hydrogen) atoms. The molecule has 0 aliphatic carbocycles. The minimum absolute atomic E-state index is 0.227. The third kappa shape index (κ3) is 3.84. The molecule has 0 saturated heterocycles. The van der Waals surface area contributed by atoms with Gasteiger partial charge in [0.15, 0.2) is 11.5 Å². The molecule has 6 nitrogen and oxygen atoms in total. The van der Waals surface area contributed by atoms with Crippen LogP contribution >= 0.6 is 0 Å². The molecule has 1 aliphatic rings. The molecule has 0 fully saturated rings. The van der Waals surface area contributed by atoms with Crippen molar-refractivity contribution in [3.8, 4) is 17.2 Å². The summed E-state index contributed by atoms with van der Waals surface area (Å²) in [4.78, 5) is 12.0. The molecule has 1 aliphatic heterocycles. The number of amides is 1. The van der Waals surface area contributed by atoms with Gasteiger partial charge in [0.25, 0.3) is 5.91 Å². The zero-order valence-electron chi connectivity index (χ0n) is 13.3. The molecular formula is C18H18N2O4. The second-order valence-electron chi connectivity index (χ2n) is 5.18. The summed E-state index contributed by atoms with van der Waals surface area (Å²) in [6, 6.07) is 12.4. The fourth-order valence-electron chi connectivity index (χ4n) is 2.15. The van der Waals surface area contributed by atoms with Crippen LogP contribution in [0.15, 0.2) is 47.6 Å². The van der Waals surface area contributed by atoms with Crippen molar-refractivity contribution >= 4 is 12.1 Å². The monoisotopic (exact) mass is 326 g/mol. The summed E-state index contributed by atoms with van der Waals surface area (Å²) in [6.45, 7) is 2.93. The van der Waals surface area contributed by atoms with Crippen LogP contribution in [0.5, 0.6) is 17.2 Å². The second kappa shape index (κ2) is 7.50. The molecular weight excluding hydrogens is 308 g/mol. The standard InChI is InChI=1S/C18H18N2O4/c1-2-9-22-15-6-4-14(5-7-15)18(21)20-19-11-13-3-8-16-17(10-13)24-12-23-16/h3-8,10-11H,2,9,12H2,1H3,(H,20,21)/b19-11+. The third-order valence-corrected chi connectivity index (χ3v) is 3.37. The highest BCUT2D eigenvalue weighted by Gasteiger charge is 2.12. The quantitative estimate of drug-likeness (QED) is 0.654. The molecule has 0 saturated carbocycles. The fraction of sp³-hybridized carbons (Fsp3) is 0.222. The van der Waals surface area contributed by atoms with E-state index in [-0.39, 0.29) is 12.7 Å². The molecule has 1 N–H and O–H groups in total. The van der Waals surface area contributed by atoms with E-state index in [1.54, 1.807) is 42.6 Å². The molecule has 0 atom stereocenters. The summed E-state index contributed by atoms with van der Waals surface area (Å²) >= 11 is 0. The van der Waals surface area contributed by atoms with Crippen LogP contribution in [0, 0.1) is 0 Å². The predicted octanol–water partition coefficient (Wildman–Crippen LogP) is 2.97. The predicted molar refractivity (Wildman–Crippen MR) is 89.9 cm³/mol. The number of ether oxygens (including phenoxy) is 3. The Kier molecular flexibility index (Phi) is 4.96. The van der Waals surface area contributed by atoms with Crippen LogP contribution in [0.2, 0.25) is 0 Å². The van der Waals surface area contributed by atoms with Crippen LogP contribution in [-0.4, -0.2) is 25.5 Å². The maximum Gasteiger partial charge on any atom is 0.271 e. The van der Waals surface area contributed by atoms with Crippen molar-refractivity contribution < 1.29 is 19.0 Å². The van der Waals surface area contributed by atoms with Crippen molar-refractivity contribution in [1.29, 1.82) is 0 Å². The molecule has 3 rings (SSSR count). The van der Waals surface area contributed by atoms with Gasteiger partial charge in [-0.1, -0.05) is 6.92 Å². The number of carbonyl (C=O) groups excluding carboxylic acids is 1. The lowest BCUT2D eigenvalue weighted by Crippen LogP contribution is -2.17. The number of benzene rings is 2. The lowest BCUT2D eigenvalue weighted by atomic mass is 10.2. The largest absolute Gasteiger partial charge is 0.494 e. The third-order valence-electron chi connectivity index (χ3n) is 3.37. The highest BCUT2D eigenvalue weighted by molar-refractivity contribution is 5.95. The molecule has 6 heteroatoms. The summed E-state index contributed by atoms with van der Waals surface area (Å²) < 4.78 is 16.0. The van der Waals surface area contributed by atoms with Gasteiger partial charge in [0.2, 0.25) is 6.79 Å². The average molecular weight is 326 g/mol. The van der Waals surface area contributed by atoms with Gasteiger partial charge in [-0.05, 0) is 54.4 Å². The van der Waals surface area contributed by atoms with Gasteiger partial charge < -0.3 is 14.2 Å². The Balaban J connectivity index is 1.56. The van der Waals surface area contributed by atoms with Crippen molar-refractivity contribution in [3.63, 3.8) is 0 Å². The van der Waals surface area contributed by atoms with E-state index in [4.69, 9.17) is 14.2 Å². The Morgan fingerprint density at radius 1 is 1.21 bits per heavy atom. The van der Waals surface area contributed by atoms with Crippen LogP contribution in [0.4, 0.5) is 0 Å². The molecule has 0 bridgehead atoms. The van der Waals surface area contributed by atoms with E-state index < -0.39 is 0 Å². The van der Waals surface area contributed by atoms with Crippen LogP contribution < -0.4 is 19.6 Å². The summed E-state index contributed by atoms with van der Waals surface area (Å²) in [5.74, 6) is 1.85. The Morgan fingerprint density at radius 2 is 2.00 bits per heavy atom. The Hall–Kier alpha value is -3.02. The number of nitrogens with zero attached hydrogens (tertiary/aromatic N) is 1.